The van der Waals surface area contributed by atoms with Crippen LogP contribution in [0.5, 0.6) is 0 Å². The molecule has 0 spiro atoms. The van der Waals surface area contributed by atoms with Crippen LogP contribution in [-0.4, -0.2) is 35.0 Å². The highest BCUT2D eigenvalue weighted by Gasteiger charge is 2.38. The predicted molar refractivity (Wildman–Crippen MR) is 77.3 cm³/mol. The molecule has 2 aliphatic rings. The fraction of sp³-hybridized carbons (Fsp3) is 0.875. The Kier molecular flexibility index (Phi) is 5.06. The van der Waals surface area contributed by atoms with Crippen molar-refractivity contribution in [2.45, 2.75) is 64.3 Å². The van der Waals surface area contributed by atoms with Gasteiger partial charge in [0.1, 0.15) is 0 Å². The van der Waals surface area contributed by atoms with E-state index in [1.165, 1.54) is 12.8 Å². The molecule has 0 aliphatic heterocycles. The Hall–Kier alpha value is -1.06. The summed E-state index contributed by atoms with van der Waals surface area (Å²) in [5.74, 6) is -0.835. The van der Waals surface area contributed by atoms with Crippen molar-refractivity contribution in [3.8, 4) is 0 Å². The lowest BCUT2D eigenvalue weighted by atomic mass is 9.77. The van der Waals surface area contributed by atoms with E-state index in [1.54, 1.807) is 0 Å². The molecule has 1 N–H and O–H groups in total. The Balaban J connectivity index is 2.02. The molecule has 2 fully saturated rings. The van der Waals surface area contributed by atoms with Gasteiger partial charge in [-0.25, -0.2) is 0 Å². The van der Waals surface area contributed by atoms with Gasteiger partial charge in [-0.2, -0.15) is 0 Å². The van der Waals surface area contributed by atoms with Crippen molar-refractivity contribution in [2.24, 2.45) is 17.8 Å². The average Bonchev–Trinajstić information content (AvgIpc) is 2.45. The highest BCUT2D eigenvalue weighted by Crippen LogP contribution is 2.34. The molecule has 0 radical (unpaired) electrons. The van der Waals surface area contributed by atoms with E-state index >= 15 is 0 Å². The molecule has 4 heteroatoms. The van der Waals surface area contributed by atoms with Gasteiger partial charge < -0.3 is 10.0 Å². The van der Waals surface area contributed by atoms with Crippen LogP contribution in [0.2, 0.25) is 0 Å². The van der Waals surface area contributed by atoms with Crippen molar-refractivity contribution in [3.05, 3.63) is 0 Å². The van der Waals surface area contributed by atoms with Gasteiger partial charge in [0, 0.05) is 13.1 Å². The summed E-state index contributed by atoms with van der Waals surface area (Å²) in [4.78, 5) is 25.9. The van der Waals surface area contributed by atoms with Gasteiger partial charge in [0.25, 0.3) is 0 Å². The third-order valence-electron chi connectivity index (χ3n) is 5.20. The SMILES string of the molecule is CC1CCCC(N(C)C(=O)[C@@H]2CCCC[C@@H]2C(=O)O)C1. The van der Waals surface area contributed by atoms with Gasteiger partial charge in [-0.3, -0.25) is 9.59 Å². The first-order valence-electron chi connectivity index (χ1n) is 8.00. The molecule has 4 nitrogen and oxygen atoms in total. The molecule has 2 aliphatic carbocycles. The van der Waals surface area contributed by atoms with E-state index in [4.69, 9.17) is 0 Å². The van der Waals surface area contributed by atoms with Crippen LogP contribution in [0.3, 0.4) is 0 Å². The molecule has 2 rings (SSSR count). The molecule has 0 bridgehead atoms. The molecule has 114 valence electrons. The summed E-state index contributed by atoms with van der Waals surface area (Å²) in [5, 5.41) is 9.32. The van der Waals surface area contributed by atoms with Crippen LogP contribution in [-0.2, 0) is 9.59 Å². The Morgan fingerprint density at radius 2 is 1.65 bits per heavy atom. The van der Waals surface area contributed by atoms with Crippen LogP contribution in [0.15, 0.2) is 0 Å². The zero-order valence-electron chi connectivity index (χ0n) is 12.7. The van der Waals surface area contributed by atoms with E-state index in [1.807, 2.05) is 11.9 Å². The minimum atomic E-state index is -0.798. The van der Waals surface area contributed by atoms with E-state index in [9.17, 15) is 14.7 Å². The Labute approximate surface area is 121 Å². The Morgan fingerprint density at radius 3 is 2.25 bits per heavy atom. The third kappa shape index (κ3) is 3.33. The van der Waals surface area contributed by atoms with Crippen LogP contribution in [0.4, 0.5) is 0 Å². The number of rotatable bonds is 3. The second kappa shape index (κ2) is 6.59. The molecular formula is C16H27NO3. The zero-order valence-corrected chi connectivity index (χ0v) is 12.7. The van der Waals surface area contributed by atoms with Gasteiger partial charge in [0.15, 0.2) is 0 Å². The Bertz CT molecular complexity index is 369. The van der Waals surface area contributed by atoms with E-state index in [-0.39, 0.29) is 11.8 Å². The highest BCUT2D eigenvalue weighted by molar-refractivity contribution is 5.85. The lowest BCUT2D eigenvalue weighted by Gasteiger charge is -2.38. The topological polar surface area (TPSA) is 57.6 Å². The van der Waals surface area contributed by atoms with E-state index in [2.05, 4.69) is 6.92 Å². The molecule has 0 aromatic heterocycles. The normalized spacial score (nSPS) is 34.5. The summed E-state index contributed by atoms with van der Waals surface area (Å²) in [6, 6.07) is 0.308. The van der Waals surface area contributed by atoms with Crippen molar-refractivity contribution in [2.75, 3.05) is 7.05 Å². The second-order valence-electron chi connectivity index (χ2n) is 6.71. The predicted octanol–water partition coefficient (Wildman–Crippen LogP) is 2.91. The van der Waals surface area contributed by atoms with E-state index in [0.29, 0.717) is 18.4 Å². The van der Waals surface area contributed by atoms with Gasteiger partial charge in [-0.05, 0) is 31.6 Å². The number of amides is 1. The largest absolute Gasteiger partial charge is 0.481 e. The number of aliphatic carboxylic acids is 1. The van der Waals surface area contributed by atoms with Crippen LogP contribution in [0.1, 0.15) is 58.3 Å². The maximum absolute atomic E-state index is 12.7. The van der Waals surface area contributed by atoms with Crippen LogP contribution in [0, 0.1) is 17.8 Å². The number of nitrogens with zero attached hydrogens (tertiary/aromatic N) is 1. The van der Waals surface area contributed by atoms with Crippen molar-refractivity contribution in [3.63, 3.8) is 0 Å². The summed E-state index contributed by atoms with van der Waals surface area (Å²) in [5.41, 5.74) is 0. The molecule has 20 heavy (non-hydrogen) atoms. The van der Waals surface area contributed by atoms with Crippen molar-refractivity contribution in [1.82, 2.24) is 4.90 Å². The number of carbonyl (C=O) groups excluding carboxylic acids is 1. The number of hydrogen-bond donors (Lipinski definition) is 1. The van der Waals surface area contributed by atoms with Crippen molar-refractivity contribution >= 4 is 11.9 Å². The van der Waals surface area contributed by atoms with Crippen LogP contribution < -0.4 is 0 Å². The molecule has 2 saturated carbocycles. The highest BCUT2D eigenvalue weighted by atomic mass is 16.4. The second-order valence-corrected chi connectivity index (χ2v) is 6.71. The van der Waals surface area contributed by atoms with Crippen molar-refractivity contribution < 1.29 is 14.7 Å². The minimum Gasteiger partial charge on any atom is -0.481 e. The number of carboxylic acids is 1. The Morgan fingerprint density at radius 1 is 1.00 bits per heavy atom. The quantitative estimate of drug-likeness (QED) is 0.865. The van der Waals surface area contributed by atoms with Crippen LogP contribution in [0.25, 0.3) is 0 Å². The zero-order chi connectivity index (χ0) is 14.7. The summed E-state index contributed by atoms with van der Waals surface area (Å²) >= 11 is 0. The molecular weight excluding hydrogens is 254 g/mol. The molecule has 0 aromatic rings. The lowest BCUT2D eigenvalue weighted by Crippen LogP contribution is -2.46. The summed E-state index contributed by atoms with van der Waals surface area (Å²) in [7, 11) is 1.87. The fourth-order valence-electron chi connectivity index (χ4n) is 3.92. The summed E-state index contributed by atoms with van der Waals surface area (Å²) < 4.78 is 0. The van der Waals surface area contributed by atoms with Crippen molar-refractivity contribution in [1.29, 1.82) is 0 Å². The number of carbonyl (C=O) groups is 2. The lowest BCUT2D eigenvalue weighted by molar-refractivity contribution is -0.153. The van der Waals surface area contributed by atoms with E-state index in [0.717, 1.165) is 32.1 Å². The smallest absolute Gasteiger partial charge is 0.307 e. The number of hydrogen-bond acceptors (Lipinski definition) is 2. The average molecular weight is 281 g/mol. The molecule has 2 unspecified atom stereocenters. The fourth-order valence-corrected chi connectivity index (χ4v) is 3.92. The van der Waals surface area contributed by atoms with E-state index < -0.39 is 11.9 Å². The maximum atomic E-state index is 12.7. The van der Waals surface area contributed by atoms with Gasteiger partial charge in [-0.1, -0.05) is 32.6 Å². The van der Waals surface area contributed by atoms with Gasteiger partial charge in [0.05, 0.1) is 11.8 Å². The summed E-state index contributed by atoms with van der Waals surface area (Å²) in [6.07, 6.45) is 7.86. The molecule has 0 saturated heterocycles. The first-order valence-corrected chi connectivity index (χ1v) is 8.00. The van der Waals surface area contributed by atoms with Crippen LogP contribution >= 0.6 is 0 Å². The molecule has 1 amide bonds. The molecule has 4 atom stereocenters. The standard InChI is InChI=1S/C16H27NO3/c1-11-6-5-7-12(10-11)17(2)15(18)13-8-3-4-9-14(13)16(19)20/h11-14H,3-10H2,1-2H3,(H,19,20)/t11?,12?,13-,14+/m1/s1. The first-order chi connectivity index (χ1) is 9.50. The minimum absolute atomic E-state index is 0.0659. The molecule has 0 heterocycles. The van der Waals surface area contributed by atoms with Gasteiger partial charge in [0.2, 0.25) is 5.91 Å². The van der Waals surface area contributed by atoms with Gasteiger partial charge >= 0.3 is 5.97 Å². The third-order valence-corrected chi connectivity index (χ3v) is 5.20. The number of carboxylic acid groups (broad SMARTS) is 1. The monoisotopic (exact) mass is 281 g/mol. The van der Waals surface area contributed by atoms with Gasteiger partial charge in [-0.15, -0.1) is 0 Å². The summed E-state index contributed by atoms with van der Waals surface area (Å²) in [6.45, 7) is 2.24. The molecule has 0 aromatic carbocycles. The maximum Gasteiger partial charge on any atom is 0.307 e. The first kappa shape index (κ1) is 15.3.